The van der Waals surface area contributed by atoms with Gasteiger partial charge in [0.15, 0.2) is 6.10 Å². The first-order chi connectivity index (χ1) is 26.6. The van der Waals surface area contributed by atoms with Crippen molar-refractivity contribution in [2.24, 2.45) is 0 Å². The van der Waals surface area contributed by atoms with E-state index in [1.807, 2.05) is 27.2 Å². The van der Waals surface area contributed by atoms with E-state index < -0.39 is 13.9 Å². The molecule has 0 aliphatic rings. The van der Waals surface area contributed by atoms with Crippen molar-refractivity contribution in [2.45, 2.75) is 193 Å². The molecule has 0 aromatic heterocycles. The lowest BCUT2D eigenvalue weighted by Crippen LogP contribution is -2.37. The number of likely N-dealkylation sites (N-methyl/N-ethyl adjacent to an activating group) is 1. The summed E-state index contributed by atoms with van der Waals surface area (Å²) >= 11 is 0. The van der Waals surface area contributed by atoms with Crippen LogP contribution >= 0.6 is 7.82 Å². The average Bonchev–Trinajstić information content (AvgIpc) is 3.13. The van der Waals surface area contributed by atoms with Crippen molar-refractivity contribution in [3.8, 4) is 0 Å². The fourth-order valence-corrected chi connectivity index (χ4v) is 6.64. The van der Waals surface area contributed by atoms with Gasteiger partial charge >= 0.3 is 13.8 Å². The summed E-state index contributed by atoms with van der Waals surface area (Å²) in [6.45, 7) is 4.88. The van der Waals surface area contributed by atoms with Crippen molar-refractivity contribution in [1.82, 2.24) is 0 Å². The van der Waals surface area contributed by atoms with Gasteiger partial charge in [-0.25, -0.2) is 4.57 Å². The number of hydrogen-bond acceptors (Lipinski definition) is 6. The molecule has 0 amide bonds. The number of ether oxygens (including phenoxy) is 2. The smallest absolute Gasteiger partial charge is 0.472 e. The predicted octanol–water partition coefficient (Wildman–Crippen LogP) is 13.5. The van der Waals surface area contributed by atoms with Gasteiger partial charge in [-0.15, -0.1) is 0 Å². The number of nitrogens with zero attached hydrogens (tertiary/aromatic N) is 1. The fourth-order valence-electron chi connectivity index (χ4n) is 5.90. The van der Waals surface area contributed by atoms with E-state index in [4.69, 9.17) is 18.5 Å². The first-order valence-corrected chi connectivity index (χ1v) is 23.9. The molecular weight excluding hydrogens is 709 g/mol. The minimum atomic E-state index is -4.29. The Morgan fingerprint density at radius 3 is 1.55 bits per heavy atom. The molecule has 0 fully saturated rings. The molecule has 0 heterocycles. The minimum Gasteiger partial charge on any atom is -0.498 e. The van der Waals surface area contributed by atoms with Gasteiger partial charge in [-0.1, -0.05) is 140 Å². The molecule has 2 atom stereocenters. The normalized spacial score (nSPS) is 14.1. The van der Waals surface area contributed by atoms with Crippen LogP contribution in [0.4, 0.5) is 0 Å². The van der Waals surface area contributed by atoms with Gasteiger partial charge in [0.1, 0.15) is 19.8 Å². The van der Waals surface area contributed by atoms with Crippen LogP contribution in [0, 0.1) is 0 Å². The lowest BCUT2D eigenvalue weighted by molar-refractivity contribution is -0.870. The maximum absolute atomic E-state index is 12.7. The molecule has 0 aromatic carbocycles. The molecule has 0 saturated heterocycles. The largest absolute Gasteiger partial charge is 0.498 e. The molecule has 0 rings (SSSR count). The highest BCUT2D eigenvalue weighted by Crippen LogP contribution is 2.43. The Bertz CT molecular complexity index is 1020. The molecule has 8 nitrogen and oxygen atoms in total. The Morgan fingerprint density at radius 1 is 0.582 bits per heavy atom. The van der Waals surface area contributed by atoms with E-state index in [9.17, 15) is 14.3 Å². The fraction of sp³-hybridized carbons (Fsp3) is 0.804. The van der Waals surface area contributed by atoms with Gasteiger partial charge in [-0.3, -0.25) is 13.8 Å². The van der Waals surface area contributed by atoms with Crippen molar-refractivity contribution in [3.63, 3.8) is 0 Å². The van der Waals surface area contributed by atoms with E-state index in [1.54, 1.807) is 6.26 Å². The van der Waals surface area contributed by atoms with Gasteiger partial charge in [0.2, 0.25) is 0 Å². The average molecular weight is 797 g/mol. The van der Waals surface area contributed by atoms with Crippen LogP contribution in [-0.2, 0) is 27.9 Å². The van der Waals surface area contributed by atoms with Gasteiger partial charge in [0.05, 0.1) is 34.0 Å². The molecule has 1 unspecified atom stereocenters. The van der Waals surface area contributed by atoms with Crippen LogP contribution in [0.15, 0.2) is 48.8 Å². The number of phosphoric ester groups is 1. The maximum atomic E-state index is 12.7. The topological polar surface area (TPSA) is 91.3 Å². The van der Waals surface area contributed by atoms with Crippen LogP contribution in [0.1, 0.15) is 187 Å². The number of quaternary nitrogens is 1. The number of allylic oxidation sites excluding steroid dienone is 7. The molecule has 0 aromatic rings. The van der Waals surface area contributed by atoms with Crippen LogP contribution in [0.5, 0.6) is 0 Å². The molecular formula is C46H87NO7P+. The van der Waals surface area contributed by atoms with E-state index in [1.165, 1.54) is 122 Å². The molecule has 0 aliphatic heterocycles. The van der Waals surface area contributed by atoms with Crippen molar-refractivity contribution >= 4 is 13.8 Å². The van der Waals surface area contributed by atoms with Crippen LogP contribution < -0.4 is 0 Å². The zero-order chi connectivity index (χ0) is 40.6. The van der Waals surface area contributed by atoms with Gasteiger partial charge in [-0.05, 0) is 83.1 Å². The number of esters is 1. The van der Waals surface area contributed by atoms with Gasteiger partial charge in [0, 0.05) is 6.42 Å². The lowest BCUT2D eigenvalue weighted by atomic mass is 10.1. The molecule has 0 aliphatic carbocycles. The minimum absolute atomic E-state index is 0.0409. The SMILES string of the molecule is CCCCC/C=C\C/C=C\CCCCCCCCCC(=O)O[C@H](CO/C=C\CCCCCCCC/C=C\CCCCCC)COP(=O)(O)OCC[N+](C)(C)C. The number of unbranched alkanes of at least 4 members (excludes halogenated alkanes) is 21. The molecule has 55 heavy (non-hydrogen) atoms. The van der Waals surface area contributed by atoms with Crippen LogP contribution in [-0.4, -0.2) is 69.0 Å². The Hall–Kier alpha value is -1.70. The highest BCUT2D eigenvalue weighted by atomic mass is 31.2. The van der Waals surface area contributed by atoms with E-state index >= 15 is 0 Å². The number of hydrogen-bond donors (Lipinski definition) is 1. The summed E-state index contributed by atoms with van der Waals surface area (Å²) in [7, 11) is 1.62. The second-order valence-corrected chi connectivity index (χ2v) is 17.6. The second-order valence-electron chi connectivity index (χ2n) is 16.1. The number of carbonyl (C=O) groups is 1. The molecule has 1 N–H and O–H groups in total. The van der Waals surface area contributed by atoms with Crippen LogP contribution in [0.3, 0.4) is 0 Å². The molecule has 322 valence electrons. The predicted molar refractivity (Wildman–Crippen MR) is 233 cm³/mol. The third kappa shape index (κ3) is 43.3. The van der Waals surface area contributed by atoms with Gasteiger partial charge < -0.3 is 18.9 Å². The molecule has 9 heteroatoms. The molecule has 0 saturated carbocycles. The summed E-state index contributed by atoms with van der Waals surface area (Å²) in [5.41, 5.74) is 0. The van der Waals surface area contributed by atoms with E-state index in [0.717, 1.165) is 44.9 Å². The van der Waals surface area contributed by atoms with Gasteiger partial charge in [0.25, 0.3) is 0 Å². The van der Waals surface area contributed by atoms with Crippen molar-refractivity contribution in [2.75, 3.05) is 47.5 Å². The van der Waals surface area contributed by atoms with E-state index in [-0.39, 0.29) is 25.8 Å². The first-order valence-electron chi connectivity index (χ1n) is 22.4. The Morgan fingerprint density at radius 2 is 1.02 bits per heavy atom. The summed E-state index contributed by atoms with van der Waals surface area (Å²) in [6, 6.07) is 0. The lowest BCUT2D eigenvalue weighted by Gasteiger charge is -2.24. The molecule has 0 radical (unpaired) electrons. The van der Waals surface area contributed by atoms with Crippen LogP contribution in [0.25, 0.3) is 0 Å². The quantitative estimate of drug-likeness (QED) is 0.0164. The summed E-state index contributed by atoms with van der Waals surface area (Å²) in [6.07, 6.45) is 48.0. The summed E-state index contributed by atoms with van der Waals surface area (Å²) < 4.78 is 34.7. The third-order valence-electron chi connectivity index (χ3n) is 9.43. The number of phosphoric acid groups is 1. The van der Waals surface area contributed by atoms with Crippen molar-refractivity contribution in [3.05, 3.63) is 48.8 Å². The maximum Gasteiger partial charge on any atom is 0.472 e. The van der Waals surface area contributed by atoms with Crippen LogP contribution in [0.2, 0.25) is 0 Å². The zero-order valence-corrected chi connectivity index (χ0v) is 37.3. The Balaban J connectivity index is 4.30. The van der Waals surface area contributed by atoms with E-state index in [0.29, 0.717) is 17.4 Å². The third-order valence-corrected chi connectivity index (χ3v) is 10.4. The Kier molecular flexibility index (Phi) is 37.9. The standard InChI is InChI=1S/C46H86NO7P/c1-6-8-10-12-14-16-18-20-22-24-25-27-29-31-33-35-37-39-46(48)54-45(44-53-55(49,50)52-42-40-47(3,4)5)43-51-41-38-36-34-32-30-28-26-23-21-19-17-15-13-11-9-7-2/h14,16-17,19-20,22,38,41,45H,6-13,15,18,21,23-37,39-40,42-44H2,1-5H3/p+1/b16-14-,19-17-,22-20-,41-38-/t45-/m1/s1. The highest BCUT2D eigenvalue weighted by Gasteiger charge is 2.26. The second kappa shape index (κ2) is 39.1. The molecule has 0 spiro atoms. The van der Waals surface area contributed by atoms with Crippen molar-refractivity contribution < 1.29 is 37.3 Å². The molecule has 0 bridgehead atoms. The number of carbonyl (C=O) groups excluding carboxylic acids is 1. The zero-order valence-electron chi connectivity index (χ0n) is 36.4. The van der Waals surface area contributed by atoms with E-state index in [2.05, 4.69) is 50.3 Å². The summed E-state index contributed by atoms with van der Waals surface area (Å²) in [4.78, 5) is 22.9. The first kappa shape index (κ1) is 53.3. The highest BCUT2D eigenvalue weighted by molar-refractivity contribution is 7.47. The monoisotopic (exact) mass is 797 g/mol. The van der Waals surface area contributed by atoms with Crippen molar-refractivity contribution in [1.29, 1.82) is 0 Å². The number of rotatable bonds is 41. The summed E-state index contributed by atoms with van der Waals surface area (Å²) in [5, 5.41) is 0. The Labute approximate surface area is 339 Å². The van der Waals surface area contributed by atoms with Gasteiger partial charge in [-0.2, -0.15) is 0 Å². The summed E-state index contributed by atoms with van der Waals surface area (Å²) in [5.74, 6) is -0.346.